The lowest BCUT2D eigenvalue weighted by atomic mass is 9.87. The second-order valence-electron chi connectivity index (χ2n) is 5.02. The fourth-order valence-corrected chi connectivity index (χ4v) is 2.84. The van der Waals surface area contributed by atoms with Gasteiger partial charge in [0, 0.05) is 30.2 Å². The molecule has 104 valence electrons. The quantitative estimate of drug-likeness (QED) is 0.653. The largest absolute Gasteiger partial charge is 0.378 e. The Hall–Kier alpha value is -1.46. The fraction of sp³-hybridized carbons (Fsp3) is 0.571. The first-order valence-corrected chi connectivity index (χ1v) is 6.73. The molecule has 5 nitrogen and oxygen atoms in total. The minimum absolute atomic E-state index is 0.0893. The molecule has 0 aromatic heterocycles. The van der Waals surface area contributed by atoms with Crippen molar-refractivity contribution in [2.75, 3.05) is 6.61 Å². The van der Waals surface area contributed by atoms with Crippen LogP contribution in [0.2, 0.25) is 0 Å². The Kier molecular flexibility index (Phi) is 4.50. The molecule has 0 amide bonds. The van der Waals surface area contributed by atoms with E-state index < -0.39 is 0 Å². The molecule has 0 spiro atoms. The van der Waals surface area contributed by atoms with Gasteiger partial charge in [0.1, 0.15) is 0 Å². The molecule has 1 saturated heterocycles. The van der Waals surface area contributed by atoms with Crippen molar-refractivity contribution in [3.8, 4) is 0 Å². The van der Waals surface area contributed by atoms with Gasteiger partial charge in [-0.15, -0.1) is 0 Å². The number of ether oxygens (including phenoxy) is 1. The maximum Gasteiger partial charge on any atom is 0.272 e. The molecule has 0 saturated carbocycles. The summed E-state index contributed by atoms with van der Waals surface area (Å²) in [5, 5.41) is 11.0. The minimum Gasteiger partial charge on any atom is -0.378 e. The first kappa shape index (κ1) is 14.0. The summed E-state index contributed by atoms with van der Waals surface area (Å²) in [6, 6.07) is 6.73. The Bertz CT molecular complexity index is 450. The predicted molar refractivity (Wildman–Crippen MR) is 72.9 cm³/mol. The molecule has 19 heavy (non-hydrogen) atoms. The number of nitro groups is 1. The number of benzene rings is 1. The number of rotatable bonds is 5. The topological polar surface area (TPSA) is 78.4 Å². The molecular weight excluding hydrogens is 244 g/mol. The van der Waals surface area contributed by atoms with Crippen molar-refractivity contribution in [2.24, 2.45) is 11.7 Å². The summed E-state index contributed by atoms with van der Waals surface area (Å²) in [6.45, 7) is 2.83. The van der Waals surface area contributed by atoms with Gasteiger partial charge in [-0.3, -0.25) is 10.1 Å². The van der Waals surface area contributed by atoms with Gasteiger partial charge in [0.05, 0.1) is 11.0 Å². The average molecular weight is 264 g/mol. The molecule has 0 radical (unpaired) electrons. The predicted octanol–water partition coefficient (Wildman–Crippen LogP) is 2.28. The smallest absolute Gasteiger partial charge is 0.272 e. The monoisotopic (exact) mass is 264 g/mol. The number of nitrogens with two attached hydrogens (primary N) is 1. The second kappa shape index (κ2) is 6.12. The molecule has 0 aliphatic carbocycles. The van der Waals surface area contributed by atoms with Gasteiger partial charge >= 0.3 is 0 Å². The van der Waals surface area contributed by atoms with Crippen LogP contribution in [0.4, 0.5) is 5.69 Å². The molecule has 5 heteroatoms. The third-order valence-corrected chi connectivity index (χ3v) is 3.86. The van der Waals surface area contributed by atoms with Crippen molar-refractivity contribution in [1.82, 2.24) is 0 Å². The van der Waals surface area contributed by atoms with Gasteiger partial charge in [-0.25, -0.2) is 0 Å². The van der Waals surface area contributed by atoms with Crippen molar-refractivity contribution >= 4 is 5.69 Å². The van der Waals surface area contributed by atoms with Crippen molar-refractivity contribution in [2.45, 2.75) is 38.3 Å². The molecule has 3 unspecified atom stereocenters. The average Bonchev–Trinajstić information content (AvgIpc) is 2.87. The lowest BCUT2D eigenvalue weighted by Gasteiger charge is -2.23. The van der Waals surface area contributed by atoms with Crippen molar-refractivity contribution in [3.63, 3.8) is 0 Å². The van der Waals surface area contributed by atoms with Gasteiger partial charge in [0.2, 0.25) is 0 Å². The van der Waals surface area contributed by atoms with Gasteiger partial charge < -0.3 is 10.5 Å². The molecule has 0 bridgehead atoms. The highest BCUT2D eigenvalue weighted by Gasteiger charge is 2.32. The van der Waals surface area contributed by atoms with E-state index in [2.05, 4.69) is 6.92 Å². The molecule has 1 aliphatic rings. The lowest BCUT2D eigenvalue weighted by molar-refractivity contribution is -0.385. The van der Waals surface area contributed by atoms with Gasteiger partial charge in [0.25, 0.3) is 5.69 Å². The maximum absolute atomic E-state index is 11.0. The van der Waals surface area contributed by atoms with Crippen LogP contribution >= 0.6 is 0 Å². The van der Waals surface area contributed by atoms with Crippen LogP contribution < -0.4 is 5.73 Å². The molecule has 1 fully saturated rings. The summed E-state index contributed by atoms with van der Waals surface area (Å²) < 4.78 is 5.64. The van der Waals surface area contributed by atoms with E-state index in [1.165, 1.54) is 6.07 Å². The summed E-state index contributed by atoms with van der Waals surface area (Å²) in [5.74, 6) is 0.296. The summed E-state index contributed by atoms with van der Waals surface area (Å²) in [4.78, 5) is 10.6. The van der Waals surface area contributed by atoms with Crippen LogP contribution in [0.25, 0.3) is 0 Å². The van der Waals surface area contributed by atoms with Crippen LogP contribution in [-0.4, -0.2) is 23.7 Å². The van der Waals surface area contributed by atoms with E-state index in [0.717, 1.165) is 19.4 Å². The highest BCUT2D eigenvalue weighted by molar-refractivity contribution is 5.40. The first-order chi connectivity index (χ1) is 9.13. The van der Waals surface area contributed by atoms with Crippen molar-refractivity contribution in [3.05, 3.63) is 39.9 Å². The van der Waals surface area contributed by atoms with E-state index in [-0.39, 0.29) is 22.8 Å². The SMILES string of the molecule is CCC1OCCC1C(N)Cc1ccccc1[N+](=O)[O-]. The van der Waals surface area contributed by atoms with Crippen LogP contribution in [0.5, 0.6) is 0 Å². The molecule has 1 aromatic carbocycles. The van der Waals surface area contributed by atoms with E-state index in [0.29, 0.717) is 17.9 Å². The van der Waals surface area contributed by atoms with Crippen LogP contribution in [-0.2, 0) is 11.2 Å². The Morgan fingerprint density at radius 3 is 2.95 bits per heavy atom. The molecule has 1 aromatic rings. The molecule has 1 aliphatic heterocycles. The van der Waals surface area contributed by atoms with E-state index in [1.54, 1.807) is 12.1 Å². The number of nitrogens with zero attached hydrogens (tertiary/aromatic N) is 1. The lowest BCUT2D eigenvalue weighted by Crippen LogP contribution is -2.37. The molecule has 1 heterocycles. The van der Waals surface area contributed by atoms with Crippen molar-refractivity contribution in [1.29, 1.82) is 0 Å². The number of hydrogen-bond donors (Lipinski definition) is 1. The Morgan fingerprint density at radius 1 is 1.53 bits per heavy atom. The van der Waals surface area contributed by atoms with Crippen LogP contribution in [0, 0.1) is 16.0 Å². The van der Waals surface area contributed by atoms with Crippen LogP contribution in [0.1, 0.15) is 25.3 Å². The molecular formula is C14H20N2O3. The van der Waals surface area contributed by atoms with Crippen molar-refractivity contribution < 1.29 is 9.66 Å². The van der Waals surface area contributed by atoms with E-state index in [4.69, 9.17) is 10.5 Å². The number of nitro benzene ring substituents is 1. The fourth-order valence-electron chi connectivity index (χ4n) is 2.84. The minimum atomic E-state index is -0.343. The Balaban J connectivity index is 2.10. The Morgan fingerprint density at radius 2 is 2.26 bits per heavy atom. The zero-order valence-corrected chi connectivity index (χ0v) is 11.1. The summed E-state index contributed by atoms with van der Waals surface area (Å²) in [7, 11) is 0. The maximum atomic E-state index is 11.0. The summed E-state index contributed by atoms with van der Waals surface area (Å²) >= 11 is 0. The highest BCUT2D eigenvalue weighted by Crippen LogP contribution is 2.29. The molecule has 3 atom stereocenters. The summed E-state index contributed by atoms with van der Waals surface area (Å²) in [5.41, 5.74) is 7.11. The highest BCUT2D eigenvalue weighted by atomic mass is 16.6. The van der Waals surface area contributed by atoms with Gasteiger partial charge in [-0.2, -0.15) is 0 Å². The van der Waals surface area contributed by atoms with E-state index in [1.807, 2.05) is 6.07 Å². The van der Waals surface area contributed by atoms with E-state index >= 15 is 0 Å². The molecule has 2 N–H and O–H groups in total. The summed E-state index contributed by atoms with van der Waals surface area (Å²) in [6.07, 6.45) is 2.61. The van der Waals surface area contributed by atoms with Gasteiger partial charge in [-0.05, 0) is 19.3 Å². The zero-order valence-electron chi connectivity index (χ0n) is 11.1. The number of para-hydroxylation sites is 1. The standard InChI is InChI=1S/C14H20N2O3/c1-2-14-11(7-8-19-14)12(15)9-10-5-3-4-6-13(10)16(17)18/h3-6,11-12,14H,2,7-9,15H2,1H3. The Labute approximate surface area is 112 Å². The number of hydrogen-bond acceptors (Lipinski definition) is 4. The third-order valence-electron chi connectivity index (χ3n) is 3.86. The molecule has 2 rings (SSSR count). The zero-order chi connectivity index (χ0) is 13.8. The van der Waals surface area contributed by atoms with Gasteiger partial charge in [0.15, 0.2) is 0 Å². The normalized spacial score (nSPS) is 24.3. The van der Waals surface area contributed by atoms with Crippen LogP contribution in [0.3, 0.4) is 0 Å². The first-order valence-electron chi connectivity index (χ1n) is 6.73. The van der Waals surface area contributed by atoms with Gasteiger partial charge in [-0.1, -0.05) is 25.1 Å². The van der Waals surface area contributed by atoms with Crippen LogP contribution in [0.15, 0.2) is 24.3 Å². The second-order valence-corrected chi connectivity index (χ2v) is 5.02. The third kappa shape index (κ3) is 3.11. The van der Waals surface area contributed by atoms with E-state index in [9.17, 15) is 10.1 Å².